The highest BCUT2D eigenvalue weighted by molar-refractivity contribution is 6.03. The van der Waals surface area contributed by atoms with Crippen LogP contribution < -0.4 is 16.8 Å². The lowest BCUT2D eigenvalue weighted by Gasteiger charge is -2.08. The monoisotopic (exact) mass is 349 g/mol. The van der Waals surface area contributed by atoms with E-state index in [1.165, 1.54) is 0 Å². The molecule has 26 heavy (non-hydrogen) atoms. The van der Waals surface area contributed by atoms with Crippen LogP contribution in [-0.4, -0.2) is 22.0 Å². The summed E-state index contributed by atoms with van der Waals surface area (Å²) in [6.07, 6.45) is 0. The van der Waals surface area contributed by atoms with Crippen molar-refractivity contribution < 1.29 is 9.59 Å². The Morgan fingerprint density at radius 2 is 1.81 bits per heavy atom. The predicted octanol–water partition coefficient (Wildman–Crippen LogP) is 2.00. The molecule has 0 saturated carbocycles. The highest BCUT2D eigenvalue weighted by Gasteiger charge is 2.17. The summed E-state index contributed by atoms with van der Waals surface area (Å²) in [4.78, 5) is 23.8. The van der Waals surface area contributed by atoms with Crippen LogP contribution in [-0.2, 0) is 6.54 Å². The fourth-order valence-corrected chi connectivity index (χ4v) is 2.71. The van der Waals surface area contributed by atoms with Gasteiger partial charge in [0.05, 0.1) is 5.69 Å². The maximum absolute atomic E-state index is 12.3. The van der Waals surface area contributed by atoms with Crippen molar-refractivity contribution in [3.05, 3.63) is 70.8 Å². The lowest BCUT2D eigenvalue weighted by molar-refractivity contribution is 0.0949. The molecule has 7 nitrogen and oxygen atoms in total. The summed E-state index contributed by atoms with van der Waals surface area (Å²) in [5, 5.41) is 9.45. The summed E-state index contributed by atoms with van der Waals surface area (Å²) in [5.41, 5.74) is 14.9. The Hall–Kier alpha value is -3.61. The van der Waals surface area contributed by atoms with Crippen molar-refractivity contribution in [3.8, 4) is 11.3 Å². The van der Waals surface area contributed by atoms with Crippen molar-refractivity contribution >= 4 is 17.6 Å². The minimum atomic E-state index is -0.638. The molecule has 0 spiro atoms. The number of rotatable bonds is 5. The summed E-state index contributed by atoms with van der Waals surface area (Å²) >= 11 is 0. The summed E-state index contributed by atoms with van der Waals surface area (Å²) in [7, 11) is 0. The molecule has 2 amide bonds. The number of hydrogen-bond acceptors (Lipinski definition) is 4. The quantitative estimate of drug-likeness (QED) is 0.562. The second-order valence-corrected chi connectivity index (χ2v) is 5.92. The standard InChI is InChI=1S/C19H19N5O2/c1-11-4-2-3-5-14(11)19(26)22-10-12-6-8-13(9-7-12)16-15(18(21)25)17(20)24-23-16/h2-9H,10H2,1H3,(H2,21,25)(H,22,26)(H3,20,23,24). The van der Waals surface area contributed by atoms with Crippen molar-refractivity contribution in [2.45, 2.75) is 13.5 Å². The summed E-state index contributed by atoms with van der Waals surface area (Å²) in [6.45, 7) is 2.29. The zero-order chi connectivity index (χ0) is 18.7. The van der Waals surface area contributed by atoms with E-state index in [1.54, 1.807) is 6.07 Å². The number of primary amides is 1. The molecule has 0 unspecified atom stereocenters. The Kier molecular flexibility index (Phi) is 4.70. The molecule has 0 aliphatic carbocycles. The van der Waals surface area contributed by atoms with Crippen molar-refractivity contribution in [3.63, 3.8) is 0 Å². The van der Waals surface area contributed by atoms with E-state index in [2.05, 4.69) is 15.5 Å². The van der Waals surface area contributed by atoms with Gasteiger partial charge in [-0.25, -0.2) is 0 Å². The smallest absolute Gasteiger partial charge is 0.254 e. The Bertz CT molecular complexity index is 960. The van der Waals surface area contributed by atoms with E-state index < -0.39 is 5.91 Å². The molecule has 1 heterocycles. The number of carbonyl (C=O) groups excluding carboxylic acids is 2. The Labute approximate surface area is 150 Å². The Balaban J connectivity index is 1.72. The van der Waals surface area contributed by atoms with Crippen LogP contribution in [0.5, 0.6) is 0 Å². The average Bonchev–Trinajstić information content (AvgIpc) is 3.02. The molecule has 0 radical (unpaired) electrons. The molecule has 0 atom stereocenters. The van der Waals surface area contributed by atoms with Crippen LogP contribution in [0.15, 0.2) is 48.5 Å². The number of nitrogens with two attached hydrogens (primary N) is 2. The molecule has 0 saturated heterocycles. The first-order valence-corrected chi connectivity index (χ1v) is 8.04. The van der Waals surface area contributed by atoms with Crippen molar-refractivity contribution in [1.29, 1.82) is 0 Å². The summed E-state index contributed by atoms with van der Waals surface area (Å²) in [6, 6.07) is 14.8. The molecule has 1 aromatic heterocycles. The summed E-state index contributed by atoms with van der Waals surface area (Å²) in [5.74, 6) is -0.688. The molecular weight excluding hydrogens is 330 g/mol. The zero-order valence-corrected chi connectivity index (χ0v) is 14.2. The second kappa shape index (κ2) is 7.10. The molecule has 6 N–H and O–H groups in total. The van der Waals surface area contributed by atoms with Crippen LogP contribution in [0.25, 0.3) is 11.3 Å². The first kappa shape index (κ1) is 17.2. The van der Waals surface area contributed by atoms with Gasteiger partial charge < -0.3 is 16.8 Å². The Morgan fingerprint density at radius 3 is 2.46 bits per heavy atom. The van der Waals surface area contributed by atoms with Gasteiger partial charge in [-0.15, -0.1) is 0 Å². The number of aromatic amines is 1. The second-order valence-electron chi connectivity index (χ2n) is 5.92. The van der Waals surface area contributed by atoms with Gasteiger partial charge in [0, 0.05) is 17.7 Å². The third-order valence-electron chi connectivity index (χ3n) is 4.13. The van der Waals surface area contributed by atoms with Crippen LogP contribution in [0.1, 0.15) is 31.8 Å². The molecule has 0 bridgehead atoms. The van der Waals surface area contributed by atoms with Gasteiger partial charge in [0.15, 0.2) is 5.82 Å². The minimum Gasteiger partial charge on any atom is -0.382 e. The highest BCUT2D eigenvalue weighted by atomic mass is 16.2. The molecule has 0 fully saturated rings. The number of nitrogens with zero attached hydrogens (tertiary/aromatic N) is 1. The van der Waals surface area contributed by atoms with Crippen molar-refractivity contribution in [1.82, 2.24) is 15.5 Å². The minimum absolute atomic E-state index is 0.0714. The largest absolute Gasteiger partial charge is 0.382 e. The third kappa shape index (κ3) is 3.41. The third-order valence-corrected chi connectivity index (χ3v) is 4.13. The number of H-pyrrole nitrogens is 1. The van der Waals surface area contributed by atoms with Crippen molar-refractivity contribution in [2.75, 3.05) is 5.73 Å². The number of nitrogen functional groups attached to an aromatic ring is 1. The molecule has 0 aliphatic heterocycles. The van der Waals surface area contributed by atoms with Crippen LogP contribution in [0.2, 0.25) is 0 Å². The molecule has 3 aromatic rings. The van der Waals surface area contributed by atoms with E-state index in [4.69, 9.17) is 11.5 Å². The van der Waals surface area contributed by atoms with Crippen LogP contribution in [0.4, 0.5) is 5.82 Å². The van der Waals surface area contributed by atoms with Gasteiger partial charge in [0.2, 0.25) is 0 Å². The van der Waals surface area contributed by atoms with E-state index >= 15 is 0 Å². The molecule has 2 aromatic carbocycles. The van der Waals surface area contributed by atoms with Gasteiger partial charge in [-0.3, -0.25) is 14.7 Å². The van der Waals surface area contributed by atoms with Gasteiger partial charge in [-0.1, -0.05) is 42.5 Å². The topological polar surface area (TPSA) is 127 Å². The predicted molar refractivity (Wildman–Crippen MR) is 99.3 cm³/mol. The number of benzene rings is 2. The summed E-state index contributed by atoms with van der Waals surface area (Å²) < 4.78 is 0. The number of hydrogen-bond donors (Lipinski definition) is 4. The normalized spacial score (nSPS) is 10.5. The van der Waals surface area contributed by atoms with E-state index in [1.807, 2.05) is 49.4 Å². The number of carbonyl (C=O) groups is 2. The van der Waals surface area contributed by atoms with E-state index in [9.17, 15) is 9.59 Å². The first-order valence-electron chi connectivity index (χ1n) is 8.04. The zero-order valence-electron chi connectivity index (χ0n) is 14.2. The number of amides is 2. The van der Waals surface area contributed by atoms with Gasteiger partial charge in [-0.2, -0.15) is 5.10 Å². The number of anilines is 1. The first-order chi connectivity index (χ1) is 12.5. The fraction of sp³-hybridized carbons (Fsp3) is 0.105. The van der Waals surface area contributed by atoms with Gasteiger partial charge in [-0.05, 0) is 24.1 Å². The lowest BCUT2D eigenvalue weighted by atomic mass is 10.0. The van der Waals surface area contributed by atoms with Crippen molar-refractivity contribution in [2.24, 2.45) is 5.73 Å². The molecular formula is C19H19N5O2. The van der Waals surface area contributed by atoms with E-state index in [0.29, 0.717) is 17.8 Å². The lowest BCUT2D eigenvalue weighted by Crippen LogP contribution is -2.23. The van der Waals surface area contributed by atoms with Gasteiger partial charge in [0.1, 0.15) is 5.56 Å². The average molecular weight is 349 g/mol. The molecule has 3 rings (SSSR count). The fourth-order valence-electron chi connectivity index (χ4n) is 2.71. The van der Waals surface area contributed by atoms with Crippen LogP contribution in [0, 0.1) is 6.92 Å². The number of nitrogens with one attached hydrogen (secondary N) is 2. The van der Waals surface area contributed by atoms with Gasteiger partial charge >= 0.3 is 0 Å². The SMILES string of the molecule is Cc1ccccc1C(=O)NCc1ccc(-c2[nH]nc(N)c2C(N)=O)cc1. The number of aryl methyl sites for hydroxylation is 1. The number of aromatic nitrogens is 2. The maximum Gasteiger partial charge on any atom is 0.254 e. The van der Waals surface area contributed by atoms with E-state index in [0.717, 1.165) is 16.7 Å². The highest BCUT2D eigenvalue weighted by Crippen LogP contribution is 2.25. The van der Waals surface area contributed by atoms with Gasteiger partial charge in [0.25, 0.3) is 11.8 Å². The molecule has 0 aliphatic rings. The van der Waals surface area contributed by atoms with Crippen LogP contribution >= 0.6 is 0 Å². The Morgan fingerprint density at radius 1 is 1.12 bits per heavy atom. The maximum atomic E-state index is 12.3. The molecule has 132 valence electrons. The van der Waals surface area contributed by atoms with Crippen LogP contribution in [0.3, 0.4) is 0 Å². The van der Waals surface area contributed by atoms with E-state index in [-0.39, 0.29) is 17.3 Å². The molecule has 7 heteroatoms.